The highest BCUT2D eigenvalue weighted by Crippen LogP contribution is 2.32. The van der Waals surface area contributed by atoms with Gasteiger partial charge in [0.1, 0.15) is 17.3 Å². The summed E-state index contributed by atoms with van der Waals surface area (Å²) in [5.74, 6) is 1.89. The summed E-state index contributed by atoms with van der Waals surface area (Å²) in [5, 5.41) is 5.04. The Balaban J connectivity index is 2.20. The molecule has 1 aromatic heterocycles. The summed E-state index contributed by atoms with van der Waals surface area (Å²) in [6.45, 7) is 10.9. The second-order valence-corrected chi connectivity index (χ2v) is 9.66. The first-order chi connectivity index (χ1) is 14.7. The average molecular weight is 551 g/mol. The summed E-state index contributed by atoms with van der Waals surface area (Å²) in [4.78, 5) is 18.1. The Morgan fingerprint density at radius 2 is 1.74 bits per heavy atom. The van der Waals surface area contributed by atoms with Crippen LogP contribution in [0.2, 0.25) is 0 Å². The van der Waals surface area contributed by atoms with Gasteiger partial charge in [0.15, 0.2) is 0 Å². The summed E-state index contributed by atoms with van der Waals surface area (Å²) in [6.07, 6.45) is 1.62. The van der Waals surface area contributed by atoms with E-state index < -0.39 is 0 Å². The molecule has 0 radical (unpaired) electrons. The van der Waals surface area contributed by atoms with Gasteiger partial charge in [-0.1, -0.05) is 36.7 Å². The van der Waals surface area contributed by atoms with Gasteiger partial charge < -0.3 is 9.47 Å². The molecule has 0 atom stereocenters. The van der Waals surface area contributed by atoms with E-state index in [2.05, 4.69) is 37.0 Å². The number of hydrogen-bond acceptors (Lipinski definition) is 5. The van der Waals surface area contributed by atoms with Crippen molar-refractivity contribution in [2.45, 2.75) is 40.0 Å². The number of benzene rings is 2. The first kappa shape index (κ1) is 23.5. The maximum absolute atomic E-state index is 13.3. The van der Waals surface area contributed by atoms with Crippen molar-refractivity contribution < 1.29 is 9.47 Å². The summed E-state index contributed by atoms with van der Waals surface area (Å²) in [7, 11) is 0. The fraction of sp³-hybridized carbons (Fsp3) is 0.348. The van der Waals surface area contributed by atoms with Crippen molar-refractivity contribution in [3.05, 3.63) is 61.0 Å². The minimum absolute atomic E-state index is 0.226. The van der Waals surface area contributed by atoms with E-state index in [1.807, 2.05) is 58.9 Å². The highest BCUT2D eigenvalue weighted by molar-refractivity contribution is 9.10. The van der Waals surface area contributed by atoms with Crippen molar-refractivity contribution in [2.24, 2.45) is 5.10 Å². The number of hydrogen-bond donors (Lipinski definition) is 0. The lowest BCUT2D eigenvalue weighted by atomic mass is 9.95. The third-order valence-corrected chi connectivity index (χ3v) is 5.57. The molecule has 0 unspecified atom stereocenters. The Morgan fingerprint density at radius 1 is 1.06 bits per heavy atom. The Bertz CT molecular complexity index is 1200. The van der Waals surface area contributed by atoms with Crippen molar-refractivity contribution in [3.63, 3.8) is 0 Å². The first-order valence-corrected chi connectivity index (χ1v) is 11.6. The molecule has 6 nitrogen and oxygen atoms in total. The molecular formula is C23H25Br2N3O3. The molecule has 0 fully saturated rings. The summed E-state index contributed by atoms with van der Waals surface area (Å²) in [6, 6.07) is 9.16. The van der Waals surface area contributed by atoms with E-state index in [0.29, 0.717) is 41.4 Å². The zero-order valence-corrected chi connectivity index (χ0v) is 21.4. The predicted octanol–water partition coefficient (Wildman–Crippen LogP) is 5.90. The normalized spacial score (nSPS) is 12.0. The van der Waals surface area contributed by atoms with E-state index in [4.69, 9.17) is 14.5 Å². The Kier molecular flexibility index (Phi) is 7.21. The third-order valence-electron chi connectivity index (χ3n) is 4.46. The predicted molar refractivity (Wildman–Crippen MR) is 132 cm³/mol. The molecule has 0 N–H and O–H groups in total. The molecule has 0 amide bonds. The van der Waals surface area contributed by atoms with Gasteiger partial charge in [-0.25, -0.2) is 4.98 Å². The third kappa shape index (κ3) is 5.18. The average Bonchev–Trinajstić information content (AvgIpc) is 2.70. The maximum atomic E-state index is 13.3. The monoisotopic (exact) mass is 549 g/mol. The van der Waals surface area contributed by atoms with Crippen LogP contribution in [0.3, 0.4) is 0 Å². The topological polar surface area (TPSA) is 65.7 Å². The molecule has 0 aliphatic rings. The molecule has 2 aromatic carbocycles. The number of aromatic nitrogens is 2. The zero-order chi connectivity index (χ0) is 22.8. The maximum Gasteiger partial charge on any atom is 0.282 e. The number of halogens is 2. The van der Waals surface area contributed by atoms with Crippen molar-refractivity contribution in [2.75, 3.05) is 13.2 Å². The van der Waals surface area contributed by atoms with Gasteiger partial charge in [0, 0.05) is 21.5 Å². The Hall–Kier alpha value is -2.19. The van der Waals surface area contributed by atoms with Crippen LogP contribution in [0, 0.1) is 0 Å². The summed E-state index contributed by atoms with van der Waals surface area (Å²) < 4.78 is 14.4. The van der Waals surface area contributed by atoms with Gasteiger partial charge in [-0.2, -0.15) is 9.78 Å². The van der Waals surface area contributed by atoms with Crippen molar-refractivity contribution in [1.82, 2.24) is 9.66 Å². The molecule has 0 saturated heterocycles. The Morgan fingerprint density at radius 3 is 2.39 bits per heavy atom. The number of ether oxygens (including phenoxy) is 2. The van der Waals surface area contributed by atoms with Gasteiger partial charge >= 0.3 is 0 Å². The smallest absolute Gasteiger partial charge is 0.282 e. The van der Waals surface area contributed by atoms with Crippen LogP contribution in [0.5, 0.6) is 11.5 Å². The van der Waals surface area contributed by atoms with Crippen LogP contribution in [0.25, 0.3) is 10.9 Å². The molecule has 1 heterocycles. The van der Waals surface area contributed by atoms with E-state index in [9.17, 15) is 4.79 Å². The number of rotatable bonds is 6. The second kappa shape index (κ2) is 9.53. The molecule has 0 aliphatic carbocycles. The van der Waals surface area contributed by atoms with Crippen LogP contribution in [-0.4, -0.2) is 29.1 Å². The lowest BCUT2D eigenvalue weighted by Gasteiger charge is -2.21. The fourth-order valence-electron chi connectivity index (χ4n) is 3.06. The molecule has 0 saturated carbocycles. The molecule has 0 spiro atoms. The lowest BCUT2D eigenvalue weighted by Crippen LogP contribution is -2.29. The van der Waals surface area contributed by atoms with Crippen LogP contribution in [-0.2, 0) is 5.41 Å². The summed E-state index contributed by atoms with van der Waals surface area (Å²) >= 11 is 6.96. The van der Waals surface area contributed by atoms with Crippen LogP contribution in [0.15, 0.2) is 49.2 Å². The van der Waals surface area contributed by atoms with Crippen LogP contribution < -0.4 is 15.0 Å². The standard InChI is InChI=1S/C23H25Br2N3O3/c1-6-30-19-12-20(31-7-2)17(25)10-14(19)13-26-28-21(29)16-11-15(24)8-9-18(16)27-22(28)23(3,4)5/h8-13H,6-7H2,1-5H3. The van der Waals surface area contributed by atoms with Crippen molar-refractivity contribution in [1.29, 1.82) is 0 Å². The zero-order valence-electron chi connectivity index (χ0n) is 18.2. The number of nitrogens with zero attached hydrogens (tertiary/aromatic N) is 3. The summed E-state index contributed by atoms with van der Waals surface area (Å²) in [5.41, 5.74) is 0.747. The lowest BCUT2D eigenvalue weighted by molar-refractivity contribution is 0.321. The molecule has 3 aromatic rings. The quantitative estimate of drug-likeness (QED) is 0.358. The van der Waals surface area contributed by atoms with Crippen molar-refractivity contribution in [3.8, 4) is 11.5 Å². The minimum atomic E-state index is -0.389. The van der Waals surface area contributed by atoms with Gasteiger partial charge in [0.25, 0.3) is 5.56 Å². The Labute approximate surface area is 198 Å². The van der Waals surface area contributed by atoms with Crippen LogP contribution >= 0.6 is 31.9 Å². The SMILES string of the molecule is CCOc1cc(OCC)c(C=Nn2c(C(C)(C)C)nc3ccc(Br)cc3c2=O)cc1Br. The minimum Gasteiger partial charge on any atom is -0.493 e. The van der Waals surface area contributed by atoms with Gasteiger partial charge in [0.2, 0.25) is 0 Å². The molecule has 0 bridgehead atoms. The van der Waals surface area contributed by atoms with Gasteiger partial charge in [-0.3, -0.25) is 4.79 Å². The van der Waals surface area contributed by atoms with Crippen LogP contribution in [0.1, 0.15) is 46.0 Å². The fourth-order valence-corrected chi connectivity index (χ4v) is 3.90. The largest absolute Gasteiger partial charge is 0.493 e. The number of fused-ring (bicyclic) bond motifs is 1. The molecule has 164 valence electrons. The molecule has 31 heavy (non-hydrogen) atoms. The van der Waals surface area contributed by atoms with Gasteiger partial charge in [0.05, 0.1) is 34.8 Å². The highest BCUT2D eigenvalue weighted by Gasteiger charge is 2.23. The first-order valence-electron chi connectivity index (χ1n) is 10.0. The second-order valence-electron chi connectivity index (χ2n) is 7.89. The highest BCUT2D eigenvalue weighted by atomic mass is 79.9. The molecular weight excluding hydrogens is 526 g/mol. The van der Waals surface area contributed by atoms with E-state index in [-0.39, 0.29) is 11.0 Å². The van der Waals surface area contributed by atoms with Gasteiger partial charge in [-0.05, 0) is 54.0 Å². The molecule has 3 rings (SSSR count). The van der Waals surface area contributed by atoms with Crippen molar-refractivity contribution >= 4 is 49.0 Å². The molecule has 8 heteroatoms. The van der Waals surface area contributed by atoms with Crippen LogP contribution in [0.4, 0.5) is 0 Å². The molecule has 0 aliphatic heterocycles. The van der Waals surface area contributed by atoms with E-state index in [1.54, 1.807) is 12.3 Å². The van der Waals surface area contributed by atoms with Gasteiger partial charge in [-0.15, -0.1) is 0 Å². The van der Waals surface area contributed by atoms with E-state index in [1.165, 1.54) is 4.68 Å². The van der Waals surface area contributed by atoms with E-state index >= 15 is 0 Å². The van der Waals surface area contributed by atoms with E-state index in [0.717, 1.165) is 14.5 Å².